The number of hydrogen-bond acceptors (Lipinski definition) is 5. The van der Waals surface area contributed by atoms with Crippen LogP contribution in [0.2, 0.25) is 0 Å². The lowest BCUT2D eigenvalue weighted by Crippen LogP contribution is -2.27. The van der Waals surface area contributed by atoms with Gasteiger partial charge in [0, 0.05) is 18.8 Å². The Morgan fingerprint density at radius 3 is 2.82 bits per heavy atom. The first-order valence-corrected chi connectivity index (χ1v) is 8.76. The van der Waals surface area contributed by atoms with Gasteiger partial charge in [-0.05, 0) is 6.07 Å². The Hall–Kier alpha value is -1.58. The molecule has 2 aromatic rings. The molecule has 1 atom stereocenters. The zero-order valence-electron chi connectivity index (χ0n) is 11.9. The number of carbonyl (C=O) groups excluding carboxylic acids is 1. The molecule has 1 unspecified atom stereocenters. The van der Waals surface area contributed by atoms with Crippen molar-refractivity contribution in [3.63, 3.8) is 0 Å². The zero-order chi connectivity index (χ0) is 16.3. The second-order valence-corrected chi connectivity index (χ2v) is 7.02. The average molecular weight is 345 g/mol. The molecule has 0 aliphatic heterocycles. The molecule has 0 bridgehead atoms. The number of nitrogens with zero attached hydrogens (tertiary/aromatic N) is 3. The van der Waals surface area contributed by atoms with Gasteiger partial charge in [0.05, 0.1) is 18.9 Å². The standard InChI is InChI=1S/C13H13F2N3O2S2/c1-18(10(19)3-4-22(2)20)13-11(15)17-12(21-13)8-5-9(14)7-16-6-8/h5-7H,3-4H2,1-2H3. The number of thiazole rings is 1. The predicted octanol–water partition coefficient (Wildman–Crippen LogP) is 2.21. The summed E-state index contributed by atoms with van der Waals surface area (Å²) in [5.41, 5.74) is 0.339. The second kappa shape index (κ2) is 7.12. The summed E-state index contributed by atoms with van der Waals surface area (Å²) in [6.07, 6.45) is 3.95. The van der Waals surface area contributed by atoms with Crippen LogP contribution in [0.5, 0.6) is 0 Å². The summed E-state index contributed by atoms with van der Waals surface area (Å²) < 4.78 is 38.1. The minimum atomic E-state index is -1.09. The number of aromatic nitrogens is 2. The summed E-state index contributed by atoms with van der Waals surface area (Å²) in [5.74, 6) is -1.51. The minimum Gasteiger partial charge on any atom is -0.617 e. The van der Waals surface area contributed by atoms with Crippen molar-refractivity contribution in [3.05, 3.63) is 30.2 Å². The Kier molecular flexibility index (Phi) is 5.43. The zero-order valence-corrected chi connectivity index (χ0v) is 13.5. The van der Waals surface area contributed by atoms with Crippen molar-refractivity contribution in [1.82, 2.24) is 9.97 Å². The number of halogens is 2. The van der Waals surface area contributed by atoms with E-state index in [-0.39, 0.29) is 28.1 Å². The highest BCUT2D eigenvalue weighted by molar-refractivity contribution is 7.90. The third kappa shape index (κ3) is 3.99. The number of hydrogen-bond donors (Lipinski definition) is 0. The number of carbonyl (C=O) groups is 1. The van der Waals surface area contributed by atoms with Crippen LogP contribution in [0.1, 0.15) is 6.42 Å². The van der Waals surface area contributed by atoms with Gasteiger partial charge in [-0.15, -0.1) is 0 Å². The fraction of sp³-hybridized carbons (Fsp3) is 0.308. The van der Waals surface area contributed by atoms with Gasteiger partial charge >= 0.3 is 0 Å². The second-order valence-electron chi connectivity index (χ2n) is 4.49. The smallest absolute Gasteiger partial charge is 0.248 e. The Balaban J connectivity index is 2.20. The molecule has 2 aromatic heterocycles. The van der Waals surface area contributed by atoms with E-state index in [4.69, 9.17) is 0 Å². The third-order valence-electron chi connectivity index (χ3n) is 2.80. The molecule has 0 aromatic carbocycles. The number of anilines is 1. The van der Waals surface area contributed by atoms with Gasteiger partial charge in [-0.25, -0.2) is 9.37 Å². The molecule has 0 aliphatic carbocycles. The summed E-state index contributed by atoms with van der Waals surface area (Å²) in [5, 5.41) is 0.268. The Bertz CT molecular complexity index is 679. The molecule has 118 valence electrons. The molecule has 9 heteroatoms. The van der Waals surface area contributed by atoms with Crippen LogP contribution in [-0.4, -0.2) is 39.5 Å². The molecule has 0 N–H and O–H groups in total. The first-order valence-electron chi connectivity index (χ1n) is 6.22. The fourth-order valence-electron chi connectivity index (χ4n) is 1.66. The van der Waals surface area contributed by atoms with Crippen molar-refractivity contribution in [2.45, 2.75) is 6.42 Å². The predicted molar refractivity (Wildman–Crippen MR) is 82.2 cm³/mol. The van der Waals surface area contributed by atoms with Crippen molar-refractivity contribution in [3.8, 4) is 10.6 Å². The van der Waals surface area contributed by atoms with Crippen LogP contribution in [0, 0.1) is 11.8 Å². The van der Waals surface area contributed by atoms with E-state index in [1.54, 1.807) is 0 Å². The number of rotatable bonds is 5. The number of amides is 1. The van der Waals surface area contributed by atoms with Gasteiger partial charge < -0.3 is 9.45 Å². The van der Waals surface area contributed by atoms with Crippen LogP contribution < -0.4 is 4.90 Å². The summed E-state index contributed by atoms with van der Waals surface area (Å²) in [4.78, 5) is 20.5. The van der Waals surface area contributed by atoms with E-state index < -0.39 is 22.9 Å². The molecule has 0 saturated heterocycles. The van der Waals surface area contributed by atoms with Gasteiger partial charge in [-0.2, -0.15) is 4.39 Å². The van der Waals surface area contributed by atoms with E-state index in [0.29, 0.717) is 5.56 Å². The number of pyridine rings is 1. The van der Waals surface area contributed by atoms with Crippen molar-refractivity contribution < 1.29 is 18.1 Å². The maximum atomic E-state index is 13.9. The van der Waals surface area contributed by atoms with Crippen LogP contribution in [0.3, 0.4) is 0 Å². The minimum absolute atomic E-state index is 0.0335. The molecular formula is C13H13F2N3O2S2. The van der Waals surface area contributed by atoms with Crippen molar-refractivity contribution in [1.29, 1.82) is 0 Å². The maximum absolute atomic E-state index is 13.9. The third-order valence-corrected chi connectivity index (χ3v) is 4.74. The highest BCUT2D eigenvalue weighted by Gasteiger charge is 2.21. The highest BCUT2D eigenvalue weighted by Crippen LogP contribution is 2.33. The van der Waals surface area contributed by atoms with Gasteiger partial charge in [-0.1, -0.05) is 22.5 Å². The van der Waals surface area contributed by atoms with Gasteiger partial charge in [0.2, 0.25) is 11.9 Å². The lowest BCUT2D eigenvalue weighted by molar-refractivity contribution is -0.117. The van der Waals surface area contributed by atoms with E-state index >= 15 is 0 Å². The van der Waals surface area contributed by atoms with Crippen molar-refractivity contribution in [2.24, 2.45) is 0 Å². The van der Waals surface area contributed by atoms with Crippen LogP contribution >= 0.6 is 11.3 Å². The summed E-state index contributed by atoms with van der Waals surface area (Å²) >= 11 is -0.167. The largest absolute Gasteiger partial charge is 0.617 e. The molecule has 0 aliphatic rings. The lowest BCUT2D eigenvalue weighted by atomic mass is 10.3. The topological polar surface area (TPSA) is 69.2 Å². The van der Waals surface area contributed by atoms with Crippen molar-refractivity contribution >= 4 is 33.4 Å². The summed E-state index contributed by atoms with van der Waals surface area (Å²) in [6, 6.07) is 1.19. The van der Waals surface area contributed by atoms with Gasteiger partial charge in [-0.3, -0.25) is 9.78 Å². The first kappa shape index (κ1) is 16.8. The van der Waals surface area contributed by atoms with Gasteiger partial charge in [0.25, 0.3) is 0 Å². The summed E-state index contributed by atoms with van der Waals surface area (Å²) in [6.45, 7) is 0. The van der Waals surface area contributed by atoms with Crippen molar-refractivity contribution in [2.75, 3.05) is 24.0 Å². The molecule has 0 spiro atoms. The lowest BCUT2D eigenvalue weighted by Gasteiger charge is -2.14. The van der Waals surface area contributed by atoms with E-state index in [1.165, 1.54) is 25.6 Å². The molecule has 0 fully saturated rings. The molecule has 0 radical (unpaired) electrons. The molecule has 2 rings (SSSR count). The van der Waals surface area contributed by atoms with Gasteiger partial charge in [0.1, 0.15) is 16.6 Å². The molecule has 1 amide bonds. The molecular weight excluding hydrogens is 332 g/mol. The van der Waals surface area contributed by atoms with Crippen LogP contribution in [0.25, 0.3) is 10.6 Å². The average Bonchev–Trinajstić information content (AvgIpc) is 2.86. The monoisotopic (exact) mass is 345 g/mol. The van der Waals surface area contributed by atoms with E-state index in [0.717, 1.165) is 22.4 Å². The van der Waals surface area contributed by atoms with Gasteiger partial charge in [0.15, 0.2) is 5.00 Å². The van der Waals surface area contributed by atoms with E-state index in [2.05, 4.69) is 9.97 Å². The Morgan fingerprint density at radius 1 is 1.45 bits per heavy atom. The van der Waals surface area contributed by atoms with E-state index in [9.17, 15) is 18.1 Å². The van der Waals surface area contributed by atoms with Crippen LogP contribution in [0.15, 0.2) is 18.5 Å². The first-order chi connectivity index (χ1) is 10.4. The molecule has 5 nitrogen and oxygen atoms in total. The molecule has 2 heterocycles. The molecule has 0 saturated carbocycles. The quantitative estimate of drug-likeness (QED) is 0.779. The summed E-state index contributed by atoms with van der Waals surface area (Å²) in [7, 11) is 1.42. The fourth-order valence-corrected chi connectivity index (χ4v) is 3.03. The Morgan fingerprint density at radius 2 is 2.18 bits per heavy atom. The SMILES string of the molecule is CN(C(=O)CC[S+](C)[O-])c1sc(-c2cncc(F)c2)nc1F. The van der Waals surface area contributed by atoms with Crippen LogP contribution in [-0.2, 0) is 16.0 Å². The highest BCUT2D eigenvalue weighted by atomic mass is 32.2. The van der Waals surface area contributed by atoms with E-state index in [1.807, 2.05) is 0 Å². The maximum Gasteiger partial charge on any atom is 0.248 e. The normalized spacial score (nSPS) is 12.2. The van der Waals surface area contributed by atoms with Crippen LogP contribution in [0.4, 0.5) is 13.8 Å². The Labute approximate surface area is 133 Å². The molecule has 22 heavy (non-hydrogen) atoms.